The van der Waals surface area contributed by atoms with Gasteiger partial charge in [0, 0.05) is 11.1 Å². The fraction of sp³-hybridized carbons (Fsp3) is 0.0909. The van der Waals surface area contributed by atoms with Crippen molar-refractivity contribution in [3.05, 3.63) is 39.9 Å². The summed E-state index contributed by atoms with van der Waals surface area (Å²) in [5, 5.41) is 8.88. The van der Waals surface area contributed by atoms with Crippen LogP contribution < -0.4 is 4.74 Å². The third-order valence-corrected chi connectivity index (χ3v) is 2.35. The molecule has 0 unspecified atom stereocenters. The van der Waals surface area contributed by atoms with E-state index < -0.39 is 11.8 Å². The summed E-state index contributed by atoms with van der Waals surface area (Å²) in [7, 11) is 1.35. The first kappa shape index (κ1) is 13.5. The number of rotatable bonds is 4. The molecule has 6 heteroatoms. The largest absolute Gasteiger partial charge is 0.494 e. The van der Waals surface area contributed by atoms with Crippen LogP contribution in [0.2, 0.25) is 10.0 Å². The van der Waals surface area contributed by atoms with Crippen LogP contribution in [0.15, 0.2) is 24.3 Å². The van der Waals surface area contributed by atoms with E-state index in [-0.39, 0.29) is 21.4 Å². The van der Waals surface area contributed by atoms with Crippen LogP contribution in [0, 0.1) is 0 Å². The van der Waals surface area contributed by atoms with Crippen molar-refractivity contribution < 1.29 is 19.4 Å². The average molecular weight is 275 g/mol. The molecule has 0 aliphatic rings. The molecule has 1 N–H and O–H groups in total. The first-order valence-corrected chi connectivity index (χ1v) is 5.19. The topological polar surface area (TPSA) is 63.6 Å². The van der Waals surface area contributed by atoms with E-state index >= 15 is 0 Å². The second-order valence-electron chi connectivity index (χ2n) is 3.00. The van der Waals surface area contributed by atoms with Gasteiger partial charge in [-0.05, 0) is 18.2 Å². The van der Waals surface area contributed by atoms with Gasteiger partial charge in [0.1, 0.15) is 5.75 Å². The van der Waals surface area contributed by atoms with Gasteiger partial charge < -0.3 is 9.84 Å². The quantitative estimate of drug-likeness (QED) is 0.677. The molecule has 1 rings (SSSR count). The Hall–Kier alpha value is -1.52. The summed E-state index contributed by atoms with van der Waals surface area (Å²) in [4.78, 5) is 22.0. The van der Waals surface area contributed by atoms with Crippen molar-refractivity contribution in [1.29, 1.82) is 0 Å². The van der Waals surface area contributed by atoms with Crippen LogP contribution in [0.3, 0.4) is 0 Å². The predicted octanol–water partition coefficient (Wildman–Crippen LogP) is 2.83. The molecular weight excluding hydrogens is 267 g/mol. The molecule has 4 nitrogen and oxygen atoms in total. The fourth-order valence-corrected chi connectivity index (χ4v) is 1.76. The highest BCUT2D eigenvalue weighted by molar-refractivity contribution is 6.36. The molecule has 0 atom stereocenters. The molecule has 0 radical (unpaired) electrons. The van der Waals surface area contributed by atoms with Crippen molar-refractivity contribution in [2.24, 2.45) is 0 Å². The van der Waals surface area contributed by atoms with Crippen molar-refractivity contribution in [1.82, 2.24) is 0 Å². The summed E-state index contributed by atoms with van der Waals surface area (Å²) < 4.78 is 4.97. The van der Waals surface area contributed by atoms with Gasteiger partial charge in [0.2, 0.25) is 0 Å². The number of carboxylic acid groups (broad SMARTS) is 1. The normalized spacial score (nSPS) is 10.5. The van der Waals surface area contributed by atoms with Crippen LogP contribution in [-0.2, 0) is 4.79 Å². The molecule has 0 spiro atoms. The molecule has 0 fully saturated rings. The van der Waals surface area contributed by atoms with Gasteiger partial charge in [0.25, 0.3) is 0 Å². The fourth-order valence-electron chi connectivity index (χ4n) is 1.19. The summed E-state index contributed by atoms with van der Waals surface area (Å²) in [6.45, 7) is 0. The smallest absolute Gasteiger partial charge is 0.328 e. The molecule has 0 aliphatic heterocycles. The van der Waals surface area contributed by atoms with E-state index in [0.717, 1.165) is 12.2 Å². The van der Waals surface area contributed by atoms with Gasteiger partial charge in [-0.3, -0.25) is 4.79 Å². The lowest BCUT2D eigenvalue weighted by Gasteiger charge is -2.08. The second kappa shape index (κ2) is 5.70. The lowest BCUT2D eigenvalue weighted by molar-refractivity contribution is -0.131. The Balaban J connectivity index is 3.20. The maximum absolute atomic E-state index is 11.7. The van der Waals surface area contributed by atoms with E-state index in [9.17, 15) is 9.59 Å². The van der Waals surface area contributed by atoms with Crippen molar-refractivity contribution in [3.8, 4) is 5.75 Å². The number of aliphatic carboxylic acids is 1. The van der Waals surface area contributed by atoms with Gasteiger partial charge in [-0.1, -0.05) is 23.2 Å². The van der Waals surface area contributed by atoms with Gasteiger partial charge in [0.15, 0.2) is 5.78 Å². The molecule has 0 heterocycles. The summed E-state index contributed by atoms with van der Waals surface area (Å²) in [6, 6.07) is 2.79. The Morgan fingerprint density at radius 2 is 1.94 bits per heavy atom. The van der Waals surface area contributed by atoms with E-state index in [1.807, 2.05) is 0 Å². The van der Waals surface area contributed by atoms with E-state index in [1.165, 1.54) is 19.2 Å². The minimum atomic E-state index is -1.22. The third-order valence-electron chi connectivity index (χ3n) is 1.86. The van der Waals surface area contributed by atoms with E-state index in [4.69, 9.17) is 33.0 Å². The van der Waals surface area contributed by atoms with Crippen LogP contribution in [-0.4, -0.2) is 24.0 Å². The highest BCUT2D eigenvalue weighted by atomic mass is 35.5. The molecule has 0 aromatic heterocycles. The Morgan fingerprint density at radius 3 is 2.47 bits per heavy atom. The number of hydrogen-bond acceptors (Lipinski definition) is 3. The minimum absolute atomic E-state index is 0.113. The van der Waals surface area contributed by atoms with Crippen LogP contribution in [0.25, 0.3) is 0 Å². The Morgan fingerprint density at radius 1 is 1.29 bits per heavy atom. The molecule has 0 bridgehead atoms. The standard InChI is InChI=1S/C11H8Cl2O4/c1-17-11-7(4-6(12)5-8(11)13)9(14)2-3-10(15)16/h2-5H,1H3,(H,15,16)/b3-2+. The van der Waals surface area contributed by atoms with Crippen molar-refractivity contribution in [3.63, 3.8) is 0 Å². The highest BCUT2D eigenvalue weighted by Crippen LogP contribution is 2.32. The molecular formula is C11H8Cl2O4. The number of benzene rings is 1. The maximum Gasteiger partial charge on any atom is 0.328 e. The van der Waals surface area contributed by atoms with Gasteiger partial charge in [-0.25, -0.2) is 4.79 Å². The summed E-state index contributed by atoms with van der Waals surface area (Å²) in [5.74, 6) is -1.60. The van der Waals surface area contributed by atoms with Crippen LogP contribution in [0.5, 0.6) is 5.75 Å². The molecule has 90 valence electrons. The predicted molar refractivity (Wildman–Crippen MR) is 64.1 cm³/mol. The zero-order valence-electron chi connectivity index (χ0n) is 8.74. The molecule has 0 saturated heterocycles. The molecule has 17 heavy (non-hydrogen) atoms. The summed E-state index contributed by atoms with van der Waals surface area (Å²) in [5.41, 5.74) is 0.113. The maximum atomic E-state index is 11.7. The molecule has 0 saturated carbocycles. The number of ether oxygens (including phenoxy) is 1. The number of methoxy groups -OCH3 is 1. The molecule has 1 aromatic rings. The Bertz CT molecular complexity index is 494. The summed E-state index contributed by atoms with van der Waals surface area (Å²) in [6.07, 6.45) is 1.64. The zero-order valence-corrected chi connectivity index (χ0v) is 10.2. The number of carboxylic acids is 1. The first-order chi connectivity index (χ1) is 7.95. The second-order valence-corrected chi connectivity index (χ2v) is 3.85. The number of halogens is 2. The molecule has 0 aliphatic carbocycles. The Kier molecular flexibility index (Phi) is 4.54. The number of carbonyl (C=O) groups excluding carboxylic acids is 1. The number of hydrogen-bond donors (Lipinski definition) is 1. The monoisotopic (exact) mass is 274 g/mol. The van der Waals surface area contributed by atoms with Gasteiger partial charge in [0.05, 0.1) is 17.7 Å². The van der Waals surface area contributed by atoms with Gasteiger partial charge >= 0.3 is 5.97 Å². The lowest BCUT2D eigenvalue weighted by Crippen LogP contribution is -2.01. The van der Waals surface area contributed by atoms with Crippen LogP contribution in [0.1, 0.15) is 10.4 Å². The lowest BCUT2D eigenvalue weighted by atomic mass is 10.1. The van der Waals surface area contributed by atoms with E-state index in [1.54, 1.807) is 0 Å². The van der Waals surface area contributed by atoms with Crippen LogP contribution >= 0.6 is 23.2 Å². The average Bonchev–Trinajstić information content (AvgIpc) is 2.24. The van der Waals surface area contributed by atoms with Crippen molar-refractivity contribution in [2.45, 2.75) is 0 Å². The molecule has 0 amide bonds. The Labute approximate surface area is 107 Å². The van der Waals surface area contributed by atoms with Crippen molar-refractivity contribution >= 4 is 35.0 Å². The summed E-state index contributed by atoms with van der Waals surface area (Å²) >= 11 is 11.6. The number of carbonyl (C=O) groups is 2. The molecule has 1 aromatic carbocycles. The van der Waals surface area contributed by atoms with Crippen LogP contribution in [0.4, 0.5) is 0 Å². The number of allylic oxidation sites excluding steroid dienone is 1. The van der Waals surface area contributed by atoms with E-state index in [0.29, 0.717) is 0 Å². The van der Waals surface area contributed by atoms with Gasteiger partial charge in [-0.2, -0.15) is 0 Å². The van der Waals surface area contributed by atoms with E-state index in [2.05, 4.69) is 0 Å². The zero-order chi connectivity index (χ0) is 13.0. The number of ketones is 1. The van der Waals surface area contributed by atoms with Crippen molar-refractivity contribution in [2.75, 3.05) is 7.11 Å². The SMILES string of the molecule is COc1c(Cl)cc(Cl)cc1C(=O)/C=C/C(=O)O. The van der Waals surface area contributed by atoms with Gasteiger partial charge in [-0.15, -0.1) is 0 Å². The first-order valence-electron chi connectivity index (χ1n) is 4.44. The minimum Gasteiger partial charge on any atom is -0.494 e. The third kappa shape index (κ3) is 3.47. The highest BCUT2D eigenvalue weighted by Gasteiger charge is 2.14.